The zero-order valence-corrected chi connectivity index (χ0v) is 19.9. The molecule has 0 unspecified atom stereocenters. The van der Waals surface area contributed by atoms with Gasteiger partial charge in [-0.2, -0.15) is 9.61 Å². The highest BCUT2D eigenvalue weighted by Gasteiger charge is 2.38. The molecule has 3 aromatic heterocycles. The zero-order valence-electron chi connectivity index (χ0n) is 19.1. The van der Waals surface area contributed by atoms with Crippen LogP contribution in [0.25, 0.3) is 28.0 Å². The first-order valence-corrected chi connectivity index (χ1v) is 13.7. The van der Waals surface area contributed by atoms with E-state index in [2.05, 4.69) is 10.1 Å². The van der Waals surface area contributed by atoms with Crippen molar-refractivity contribution in [3.63, 3.8) is 0 Å². The summed E-state index contributed by atoms with van der Waals surface area (Å²) in [5.74, 6) is 1.54. The summed E-state index contributed by atoms with van der Waals surface area (Å²) >= 11 is 0. The molecule has 2 aliphatic rings. The highest BCUT2D eigenvalue weighted by molar-refractivity contribution is 7.91. The molecule has 0 radical (unpaired) electrons. The van der Waals surface area contributed by atoms with Crippen LogP contribution in [0.5, 0.6) is 0 Å². The SMILES string of the molecule is CS(=O)(=O)c1c([C@H]2C[C@@H]3CC[C@@H](C3)C2)nc2c(-c3ccc(-c4ccccc4)nc3)cnn2c1N. The summed E-state index contributed by atoms with van der Waals surface area (Å²) in [5.41, 5.74) is 11.2. The van der Waals surface area contributed by atoms with Gasteiger partial charge in [-0.15, -0.1) is 0 Å². The number of rotatable bonds is 4. The van der Waals surface area contributed by atoms with Crippen LogP contribution in [0.15, 0.2) is 59.8 Å². The predicted octanol–water partition coefficient (Wildman–Crippen LogP) is 4.74. The highest BCUT2D eigenvalue weighted by atomic mass is 32.2. The van der Waals surface area contributed by atoms with Crippen molar-refractivity contribution in [2.24, 2.45) is 11.8 Å². The third kappa shape index (κ3) is 3.57. The molecule has 34 heavy (non-hydrogen) atoms. The quantitative estimate of drug-likeness (QED) is 0.459. The van der Waals surface area contributed by atoms with Gasteiger partial charge >= 0.3 is 0 Å². The number of pyridine rings is 1. The second kappa shape index (κ2) is 7.91. The first-order valence-electron chi connectivity index (χ1n) is 11.8. The van der Waals surface area contributed by atoms with Crippen LogP contribution in [-0.4, -0.2) is 34.3 Å². The van der Waals surface area contributed by atoms with E-state index in [1.54, 1.807) is 6.20 Å². The third-order valence-corrected chi connectivity index (χ3v) is 8.61. The molecule has 8 heteroatoms. The largest absolute Gasteiger partial charge is 0.382 e. The summed E-state index contributed by atoms with van der Waals surface area (Å²) in [5, 5.41) is 4.41. The Morgan fingerprint density at radius 3 is 2.32 bits per heavy atom. The molecule has 0 aliphatic heterocycles. The summed E-state index contributed by atoms with van der Waals surface area (Å²) < 4.78 is 27.1. The molecular formula is C26H27N5O2S. The van der Waals surface area contributed by atoms with Gasteiger partial charge in [-0.3, -0.25) is 4.98 Å². The molecular weight excluding hydrogens is 446 g/mol. The van der Waals surface area contributed by atoms with Crippen LogP contribution < -0.4 is 5.73 Å². The Bertz CT molecular complexity index is 1470. The first kappa shape index (κ1) is 21.3. The standard InChI is InChI=1S/C26H27N5O2S/c1-34(32,33)24-23(20-12-16-7-8-17(11-16)13-20)30-26-21(15-29-31(26)25(24)27)19-9-10-22(28-14-19)18-5-3-2-4-6-18/h2-6,9-10,14-17,20H,7-8,11-13,27H2,1H3/t16-,17+,20+. The Morgan fingerprint density at radius 2 is 1.68 bits per heavy atom. The number of fused-ring (bicyclic) bond motifs is 3. The van der Waals surface area contributed by atoms with Gasteiger partial charge in [0.05, 0.1) is 17.6 Å². The van der Waals surface area contributed by atoms with Crippen LogP contribution in [0.4, 0.5) is 5.82 Å². The van der Waals surface area contributed by atoms with E-state index in [1.165, 1.54) is 30.0 Å². The van der Waals surface area contributed by atoms with Crippen molar-refractivity contribution in [3.8, 4) is 22.4 Å². The van der Waals surface area contributed by atoms with Gasteiger partial charge in [0.25, 0.3) is 0 Å². The molecule has 2 bridgehead atoms. The number of aromatic nitrogens is 4. The molecule has 3 atom stereocenters. The summed E-state index contributed by atoms with van der Waals surface area (Å²) in [6, 6.07) is 14.0. The van der Waals surface area contributed by atoms with E-state index in [1.807, 2.05) is 48.7 Å². The van der Waals surface area contributed by atoms with Crippen LogP contribution >= 0.6 is 0 Å². The molecule has 0 spiro atoms. The molecule has 2 aliphatic carbocycles. The number of hydrogen-bond donors (Lipinski definition) is 1. The Morgan fingerprint density at radius 1 is 0.941 bits per heavy atom. The fraction of sp³-hybridized carbons (Fsp3) is 0.346. The lowest BCUT2D eigenvalue weighted by Gasteiger charge is -2.28. The summed E-state index contributed by atoms with van der Waals surface area (Å²) in [7, 11) is -3.57. The predicted molar refractivity (Wildman–Crippen MR) is 132 cm³/mol. The van der Waals surface area contributed by atoms with Gasteiger partial charge in [-0.1, -0.05) is 49.2 Å². The highest BCUT2D eigenvalue weighted by Crippen LogP contribution is 2.49. The average Bonchev–Trinajstić information content (AvgIpc) is 3.41. The Hall–Kier alpha value is -3.26. The van der Waals surface area contributed by atoms with Gasteiger partial charge in [-0.25, -0.2) is 13.4 Å². The van der Waals surface area contributed by atoms with Crippen molar-refractivity contribution in [1.29, 1.82) is 0 Å². The fourth-order valence-electron chi connectivity index (χ4n) is 5.94. The van der Waals surface area contributed by atoms with Crippen LogP contribution in [0, 0.1) is 11.8 Å². The minimum Gasteiger partial charge on any atom is -0.382 e. The van der Waals surface area contributed by atoms with E-state index in [0.29, 0.717) is 23.2 Å². The van der Waals surface area contributed by atoms with Crippen molar-refractivity contribution in [2.45, 2.75) is 42.9 Å². The molecule has 6 rings (SSSR count). The van der Waals surface area contributed by atoms with Crippen molar-refractivity contribution in [3.05, 3.63) is 60.6 Å². The molecule has 7 nitrogen and oxygen atoms in total. The summed E-state index contributed by atoms with van der Waals surface area (Å²) in [6.07, 6.45) is 10.4. The van der Waals surface area contributed by atoms with E-state index in [9.17, 15) is 8.42 Å². The second-order valence-electron chi connectivity index (χ2n) is 9.79. The Labute approximate surface area is 199 Å². The first-order chi connectivity index (χ1) is 16.4. The lowest BCUT2D eigenvalue weighted by Crippen LogP contribution is -2.21. The molecule has 174 valence electrons. The lowest BCUT2D eigenvalue weighted by atomic mass is 9.79. The molecule has 2 N–H and O–H groups in total. The van der Waals surface area contributed by atoms with E-state index < -0.39 is 9.84 Å². The van der Waals surface area contributed by atoms with Crippen molar-refractivity contribution < 1.29 is 8.42 Å². The van der Waals surface area contributed by atoms with Gasteiger partial charge in [0.2, 0.25) is 0 Å². The van der Waals surface area contributed by atoms with E-state index in [0.717, 1.165) is 35.2 Å². The second-order valence-corrected chi connectivity index (χ2v) is 11.7. The van der Waals surface area contributed by atoms with Crippen molar-refractivity contribution in [2.75, 3.05) is 12.0 Å². The van der Waals surface area contributed by atoms with Gasteiger partial charge < -0.3 is 5.73 Å². The maximum atomic E-state index is 12.8. The van der Waals surface area contributed by atoms with Crippen LogP contribution in [0.3, 0.4) is 0 Å². The van der Waals surface area contributed by atoms with Gasteiger partial charge in [0.1, 0.15) is 10.7 Å². The van der Waals surface area contributed by atoms with Gasteiger partial charge in [0, 0.05) is 35.1 Å². The Kier molecular flexibility index (Phi) is 4.95. The van der Waals surface area contributed by atoms with Gasteiger partial charge in [0.15, 0.2) is 15.5 Å². The number of benzene rings is 1. The van der Waals surface area contributed by atoms with Gasteiger partial charge in [-0.05, 0) is 37.2 Å². The molecule has 0 saturated heterocycles. The smallest absolute Gasteiger partial charge is 0.180 e. The lowest BCUT2D eigenvalue weighted by molar-refractivity contribution is 0.313. The summed E-state index contributed by atoms with van der Waals surface area (Å²) in [6.45, 7) is 0. The van der Waals surface area contributed by atoms with Crippen LogP contribution in [0.2, 0.25) is 0 Å². The molecule has 1 aromatic carbocycles. The Balaban J connectivity index is 1.48. The van der Waals surface area contributed by atoms with E-state index in [4.69, 9.17) is 10.7 Å². The third-order valence-electron chi connectivity index (χ3n) is 7.45. The maximum absolute atomic E-state index is 12.8. The molecule has 2 fully saturated rings. The minimum absolute atomic E-state index is 0.101. The maximum Gasteiger partial charge on any atom is 0.180 e. The molecule has 4 aromatic rings. The van der Waals surface area contributed by atoms with Crippen molar-refractivity contribution in [1.82, 2.24) is 19.6 Å². The molecule has 0 amide bonds. The normalized spacial score (nSPS) is 22.3. The van der Waals surface area contributed by atoms with Crippen LogP contribution in [0.1, 0.15) is 43.7 Å². The van der Waals surface area contributed by atoms with E-state index in [-0.39, 0.29) is 16.6 Å². The fourth-order valence-corrected chi connectivity index (χ4v) is 7.00. The molecule has 3 heterocycles. The number of nitrogen functional groups attached to an aromatic ring is 1. The number of anilines is 1. The van der Waals surface area contributed by atoms with Crippen LogP contribution in [-0.2, 0) is 9.84 Å². The zero-order chi connectivity index (χ0) is 23.4. The number of hydrogen-bond acceptors (Lipinski definition) is 6. The number of sulfone groups is 1. The monoisotopic (exact) mass is 473 g/mol. The number of nitrogens with two attached hydrogens (primary N) is 1. The summed E-state index contributed by atoms with van der Waals surface area (Å²) in [4.78, 5) is 9.73. The van der Waals surface area contributed by atoms with E-state index >= 15 is 0 Å². The average molecular weight is 474 g/mol. The number of nitrogens with zero attached hydrogens (tertiary/aromatic N) is 4. The topological polar surface area (TPSA) is 103 Å². The minimum atomic E-state index is -3.57. The molecule has 2 saturated carbocycles. The van der Waals surface area contributed by atoms with Crippen molar-refractivity contribution >= 4 is 21.3 Å².